The minimum Gasteiger partial charge on any atom is -0.356 e. The Morgan fingerprint density at radius 3 is 2.52 bits per heavy atom. The van der Waals surface area contributed by atoms with Crippen LogP contribution in [0.3, 0.4) is 0 Å². The van der Waals surface area contributed by atoms with Crippen LogP contribution in [-0.2, 0) is 20.0 Å². The van der Waals surface area contributed by atoms with Crippen molar-refractivity contribution in [3.63, 3.8) is 0 Å². The van der Waals surface area contributed by atoms with Crippen molar-refractivity contribution in [2.45, 2.75) is 26.3 Å². The van der Waals surface area contributed by atoms with Gasteiger partial charge in [-0.25, -0.2) is 4.99 Å². The van der Waals surface area contributed by atoms with Gasteiger partial charge in [0.05, 0.1) is 12.7 Å². The average Bonchev–Trinajstić information content (AvgIpc) is 3.10. The summed E-state index contributed by atoms with van der Waals surface area (Å²) in [5, 5.41) is 11.0. The number of guanidine groups is 1. The molecule has 3 aromatic rings. The molecule has 0 atom stereocenters. The molecule has 0 fully saturated rings. The number of para-hydroxylation sites is 1. The minimum atomic E-state index is 0.644. The van der Waals surface area contributed by atoms with Gasteiger partial charge in [-0.2, -0.15) is 5.10 Å². The number of hydrogen-bond donors (Lipinski definition) is 2. The van der Waals surface area contributed by atoms with E-state index in [1.165, 1.54) is 16.7 Å². The van der Waals surface area contributed by atoms with Gasteiger partial charge in [0.15, 0.2) is 5.96 Å². The fraction of sp³-hybridized carbons (Fsp3) is 0.273. The lowest BCUT2D eigenvalue weighted by atomic mass is 10.1. The Morgan fingerprint density at radius 1 is 1.04 bits per heavy atom. The summed E-state index contributed by atoms with van der Waals surface area (Å²) in [6, 6.07) is 18.6. The highest BCUT2D eigenvalue weighted by Gasteiger charge is 2.02. The van der Waals surface area contributed by atoms with Gasteiger partial charge in [-0.05, 0) is 43.0 Å². The van der Waals surface area contributed by atoms with Crippen molar-refractivity contribution >= 4 is 11.6 Å². The summed E-state index contributed by atoms with van der Waals surface area (Å²) in [4.78, 5) is 4.75. The quantitative estimate of drug-likeness (QED) is 0.381. The van der Waals surface area contributed by atoms with E-state index in [1.54, 1.807) is 0 Å². The molecule has 1 heterocycles. The predicted molar refractivity (Wildman–Crippen MR) is 112 cm³/mol. The zero-order chi connectivity index (χ0) is 18.9. The molecule has 27 heavy (non-hydrogen) atoms. The summed E-state index contributed by atoms with van der Waals surface area (Å²) in [5.74, 6) is 0.799. The Balaban J connectivity index is 1.58. The lowest BCUT2D eigenvalue weighted by Crippen LogP contribution is -2.32. The van der Waals surface area contributed by atoms with Crippen molar-refractivity contribution in [3.05, 3.63) is 83.7 Å². The van der Waals surface area contributed by atoms with Crippen LogP contribution < -0.4 is 10.6 Å². The maximum Gasteiger partial charge on any atom is 0.196 e. The van der Waals surface area contributed by atoms with Crippen LogP contribution in [0.2, 0.25) is 0 Å². The molecule has 0 aliphatic heterocycles. The third kappa shape index (κ3) is 6.29. The maximum atomic E-state index is 4.75. The fourth-order valence-corrected chi connectivity index (χ4v) is 2.76. The number of anilines is 1. The van der Waals surface area contributed by atoms with E-state index in [9.17, 15) is 0 Å². The molecule has 0 unspecified atom stereocenters. The number of nitrogens with zero attached hydrogens (tertiary/aromatic N) is 3. The molecule has 5 nitrogen and oxygen atoms in total. The van der Waals surface area contributed by atoms with E-state index in [4.69, 9.17) is 4.99 Å². The number of nitrogens with one attached hydrogen (secondary N) is 2. The van der Waals surface area contributed by atoms with Crippen LogP contribution in [0.25, 0.3) is 0 Å². The number of benzene rings is 2. The van der Waals surface area contributed by atoms with Crippen LogP contribution >= 0.6 is 0 Å². The van der Waals surface area contributed by atoms with Crippen LogP contribution in [-0.4, -0.2) is 22.3 Å². The average molecular weight is 361 g/mol. The molecule has 140 valence electrons. The van der Waals surface area contributed by atoms with Gasteiger partial charge >= 0.3 is 0 Å². The van der Waals surface area contributed by atoms with Gasteiger partial charge in [-0.15, -0.1) is 0 Å². The van der Waals surface area contributed by atoms with Crippen molar-refractivity contribution < 1.29 is 0 Å². The molecule has 0 amide bonds. The van der Waals surface area contributed by atoms with Crippen molar-refractivity contribution in [1.29, 1.82) is 0 Å². The number of rotatable bonds is 7. The molecule has 3 rings (SSSR count). The molecular weight excluding hydrogens is 334 g/mol. The van der Waals surface area contributed by atoms with Crippen molar-refractivity contribution in [2.75, 3.05) is 11.9 Å². The number of aryl methyl sites for hydroxylation is 3. The lowest BCUT2D eigenvalue weighted by molar-refractivity contribution is 0.757. The Kier molecular flexibility index (Phi) is 6.63. The maximum absolute atomic E-state index is 4.75. The van der Waals surface area contributed by atoms with Gasteiger partial charge in [-0.3, -0.25) is 4.68 Å². The summed E-state index contributed by atoms with van der Waals surface area (Å²) >= 11 is 0. The third-order valence-electron chi connectivity index (χ3n) is 4.27. The third-order valence-corrected chi connectivity index (χ3v) is 4.27. The second-order valence-corrected chi connectivity index (χ2v) is 6.69. The number of hydrogen-bond acceptors (Lipinski definition) is 2. The zero-order valence-electron chi connectivity index (χ0n) is 16.0. The van der Waals surface area contributed by atoms with Crippen molar-refractivity contribution in [3.8, 4) is 0 Å². The van der Waals surface area contributed by atoms with Crippen LogP contribution in [0.1, 0.15) is 23.1 Å². The molecule has 0 aliphatic carbocycles. The monoisotopic (exact) mass is 361 g/mol. The summed E-state index contributed by atoms with van der Waals surface area (Å²) in [7, 11) is 1.95. The van der Waals surface area contributed by atoms with Crippen molar-refractivity contribution in [1.82, 2.24) is 15.1 Å². The molecule has 0 saturated carbocycles. The van der Waals surface area contributed by atoms with E-state index in [0.29, 0.717) is 6.54 Å². The van der Waals surface area contributed by atoms with Gasteiger partial charge in [0, 0.05) is 25.5 Å². The predicted octanol–water partition coefficient (Wildman–Crippen LogP) is 3.92. The number of aliphatic imine (C=N–C) groups is 1. The van der Waals surface area contributed by atoms with E-state index in [0.717, 1.165) is 31.0 Å². The molecule has 0 radical (unpaired) electrons. The Morgan fingerprint density at radius 2 is 1.81 bits per heavy atom. The molecule has 2 N–H and O–H groups in total. The van der Waals surface area contributed by atoms with E-state index in [-0.39, 0.29) is 0 Å². The van der Waals surface area contributed by atoms with E-state index in [1.807, 2.05) is 48.3 Å². The van der Waals surface area contributed by atoms with Crippen LogP contribution in [0.4, 0.5) is 5.69 Å². The van der Waals surface area contributed by atoms with Crippen molar-refractivity contribution in [2.24, 2.45) is 12.0 Å². The largest absolute Gasteiger partial charge is 0.356 e. The van der Waals surface area contributed by atoms with Crippen LogP contribution in [0, 0.1) is 6.92 Å². The Bertz CT molecular complexity index is 850. The normalized spacial score (nSPS) is 11.4. The smallest absolute Gasteiger partial charge is 0.196 e. The summed E-state index contributed by atoms with van der Waals surface area (Å²) in [6.07, 6.45) is 6.01. The Hall–Kier alpha value is -3.08. The SMILES string of the molecule is Cc1ccc(CN=C(NCCCc2cnn(C)c2)Nc2ccccc2)cc1. The van der Waals surface area contributed by atoms with Crippen LogP contribution in [0.15, 0.2) is 72.0 Å². The molecule has 1 aromatic heterocycles. The first-order chi connectivity index (χ1) is 13.2. The standard InChI is InChI=1S/C22H27N5/c1-18-10-12-19(13-11-18)15-24-22(26-21-8-4-3-5-9-21)23-14-6-7-20-16-25-27(2)17-20/h3-5,8-13,16-17H,6-7,14-15H2,1-2H3,(H2,23,24,26). The van der Waals surface area contributed by atoms with E-state index in [2.05, 4.69) is 53.1 Å². The zero-order valence-corrected chi connectivity index (χ0v) is 16.0. The first-order valence-corrected chi connectivity index (χ1v) is 9.32. The first kappa shape index (κ1) is 18.7. The molecule has 5 heteroatoms. The summed E-state index contributed by atoms with van der Waals surface area (Å²) < 4.78 is 1.84. The van der Waals surface area contributed by atoms with Crippen LogP contribution in [0.5, 0.6) is 0 Å². The molecular formula is C22H27N5. The molecule has 2 aromatic carbocycles. The highest BCUT2D eigenvalue weighted by Crippen LogP contribution is 2.07. The van der Waals surface area contributed by atoms with Gasteiger partial charge in [0.25, 0.3) is 0 Å². The first-order valence-electron chi connectivity index (χ1n) is 9.32. The second kappa shape index (κ2) is 9.57. The summed E-state index contributed by atoms with van der Waals surface area (Å²) in [5.41, 5.74) is 4.75. The lowest BCUT2D eigenvalue weighted by Gasteiger charge is -2.12. The fourth-order valence-electron chi connectivity index (χ4n) is 2.76. The molecule has 0 saturated heterocycles. The molecule has 0 aliphatic rings. The van der Waals surface area contributed by atoms with Gasteiger partial charge in [0.1, 0.15) is 0 Å². The van der Waals surface area contributed by atoms with Gasteiger partial charge < -0.3 is 10.6 Å². The van der Waals surface area contributed by atoms with Gasteiger partial charge in [-0.1, -0.05) is 48.0 Å². The topological polar surface area (TPSA) is 54.2 Å². The highest BCUT2D eigenvalue weighted by atomic mass is 15.2. The minimum absolute atomic E-state index is 0.644. The number of aromatic nitrogens is 2. The summed E-state index contributed by atoms with van der Waals surface area (Å²) in [6.45, 7) is 3.59. The molecule has 0 spiro atoms. The molecule has 0 bridgehead atoms. The van der Waals surface area contributed by atoms with Gasteiger partial charge in [0.2, 0.25) is 0 Å². The highest BCUT2D eigenvalue weighted by molar-refractivity contribution is 5.93. The van der Waals surface area contributed by atoms with E-state index < -0.39 is 0 Å². The second-order valence-electron chi connectivity index (χ2n) is 6.69. The Labute approximate surface area is 161 Å². The van der Waals surface area contributed by atoms with E-state index >= 15 is 0 Å².